The number of amides is 2. The van der Waals surface area contributed by atoms with Crippen molar-refractivity contribution >= 4 is 50.4 Å². The molecule has 5 nitrogen and oxygen atoms in total. The van der Waals surface area contributed by atoms with Crippen molar-refractivity contribution in [3.05, 3.63) is 27.0 Å². The van der Waals surface area contributed by atoms with E-state index in [9.17, 15) is 9.59 Å². The molecule has 8 heteroatoms. The van der Waals surface area contributed by atoms with Crippen LogP contribution in [0.1, 0.15) is 31.4 Å². The van der Waals surface area contributed by atoms with Crippen LogP contribution < -0.4 is 11.1 Å². The number of rotatable bonds is 5. The van der Waals surface area contributed by atoms with Gasteiger partial charge in [0.1, 0.15) is 10.5 Å². The summed E-state index contributed by atoms with van der Waals surface area (Å²) in [6.45, 7) is 0. The third-order valence-corrected chi connectivity index (χ3v) is 6.73. The molecule has 0 atom stereocenters. The molecule has 1 aliphatic carbocycles. The van der Waals surface area contributed by atoms with Crippen molar-refractivity contribution in [3.8, 4) is 9.88 Å². The summed E-state index contributed by atoms with van der Waals surface area (Å²) in [4.78, 5) is 29.5. The lowest BCUT2D eigenvalue weighted by atomic mass is 9.96. The van der Waals surface area contributed by atoms with Gasteiger partial charge < -0.3 is 11.1 Å². The lowest BCUT2D eigenvalue weighted by Gasteiger charge is -2.26. The van der Waals surface area contributed by atoms with Gasteiger partial charge in [0.15, 0.2) is 0 Å². The summed E-state index contributed by atoms with van der Waals surface area (Å²) < 4.78 is 1.02. The first-order chi connectivity index (χ1) is 11.0. The maximum absolute atomic E-state index is 12.3. The van der Waals surface area contributed by atoms with E-state index < -0.39 is 11.4 Å². The highest BCUT2D eigenvalue weighted by molar-refractivity contribution is 9.10. The van der Waals surface area contributed by atoms with Crippen LogP contribution in [0.25, 0.3) is 9.88 Å². The molecule has 23 heavy (non-hydrogen) atoms. The van der Waals surface area contributed by atoms with Crippen molar-refractivity contribution in [2.75, 3.05) is 0 Å². The van der Waals surface area contributed by atoms with E-state index in [1.807, 2.05) is 16.8 Å². The number of hydrogen-bond donors (Lipinski definition) is 2. The smallest absolute Gasteiger partial charge is 0.243 e. The number of halogens is 1. The lowest BCUT2D eigenvalue weighted by molar-refractivity contribution is -0.131. The predicted molar refractivity (Wildman–Crippen MR) is 95.4 cm³/mol. The van der Waals surface area contributed by atoms with E-state index in [4.69, 9.17) is 5.73 Å². The number of nitrogens with two attached hydrogens (primary N) is 1. The molecule has 0 aromatic carbocycles. The quantitative estimate of drug-likeness (QED) is 0.789. The molecule has 2 aromatic rings. The van der Waals surface area contributed by atoms with E-state index in [2.05, 4.69) is 26.2 Å². The highest BCUT2D eigenvalue weighted by atomic mass is 79.9. The minimum atomic E-state index is -0.867. The standard InChI is InChI=1S/C15H16BrN3O2S2/c16-9-5-11(22-7-9)13-18-10(8-23-13)6-12(20)19-15(14(17)21)3-1-2-4-15/h5,7-8H,1-4,6H2,(H2,17,21)(H,19,20). The Morgan fingerprint density at radius 3 is 2.65 bits per heavy atom. The maximum atomic E-state index is 12.3. The zero-order valence-electron chi connectivity index (χ0n) is 12.3. The van der Waals surface area contributed by atoms with Gasteiger partial charge in [-0.25, -0.2) is 4.98 Å². The molecule has 2 aromatic heterocycles. The molecule has 1 aliphatic rings. The number of hydrogen-bond acceptors (Lipinski definition) is 5. The van der Waals surface area contributed by atoms with Crippen LogP contribution in [0.4, 0.5) is 0 Å². The second-order valence-electron chi connectivity index (χ2n) is 5.65. The summed E-state index contributed by atoms with van der Waals surface area (Å²) >= 11 is 6.54. The Morgan fingerprint density at radius 2 is 2.04 bits per heavy atom. The summed E-state index contributed by atoms with van der Waals surface area (Å²) in [5.74, 6) is -0.638. The van der Waals surface area contributed by atoms with Crippen LogP contribution in [-0.2, 0) is 16.0 Å². The van der Waals surface area contributed by atoms with E-state index in [1.54, 1.807) is 11.3 Å². The lowest BCUT2D eigenvalue weighted by Crippen LogP contribution is -2.56. The number of thiophene rings is 1. The third-order valence-electron chi connectivity index (χ3n) is 3.98. The van der Waals surface area contributed by atoms with Gasteiger partial charge in [-0.05, 0) is 34.8 Å². The SMILES string of the molecule is NC(=O)C1(NC(=O)Cc2csc(-c3cc(Br)cs3)n2)CCCC1. The van der Waals surface area contributed by atoms with Gasteiger partial charge in [-0.2, -0.15) is 0 Å². The molecule has 3 rings (SSSR count). The Morgan fingerprint density at radius 1 is 1.30 bits per heavy atom. The summed E-state index contributed by atoms with van der Waals surface area (Å²) in [7, 11) is 0. The first-order valence-electron chi connectivity index (χ1n) is 7.28. The molecule has 3 N–H and O–H groups in total. The van der Waals surface area contributed by atoms with Crippen LogP contribution in [0.15, 0.2) is 21.3 Å². The number of nitrogens with zero attached hydrogens (tertiary/aromatic N) is 1. The van der Waals surface area contributed by atoms with Crippen molar-refractivity contribution in [3.63, 3.8) is 0 Å². The Hall–Kier alpha value is -1.25. The van der Waals surface area contributed by atoms with Crippen LogP contribution in [0.2, 0.25) is 0 Å². The zero-order chi connectivity index (χ0) is 16.4. The van der Waals surface area contributed by atoms with Crippen molar-refractivity contribution in [1.82, 2.24) is 10.3 Å². The highest BCUT2D eigenvalue weighted by Crippen LogP contribution is 2.32. The molecular weight excluding hydrogens is 398 g/mol. The fraction of sp³-hybridized carbons (Fsp3) is 0.400. The minimum absolute atomic E-state index is 0.165. The van der Waals surface area contributed by atoms with E-state index in [1.165, 1.54) is 11.3 Å². The Kier molecular flexibility index (Phi) is 4.84. The average molecular weight is 414 g/mol. The molecule has 122 valence electrons. The molecule has 1 fully saturated rings. The monoisotopic (exact) mass is 413 g/mol. The first-order valence-corrected chi connectivity index (χ1v) is 9.83. The van der Waals surface area contributed by atoms with Gasteiger partial charge in [0.05, 0.1) is 17.0 Å². The summed E-state index contributed by atoms with van der Waals surface area (Å²) in [5.41, 5.74) is 5.33. The number of carbonyl (C=O) groups is 2. The fourth-order valence-electron chi connectivity index (χ4n) is 2.81. The van der Waals surface area contributed by atoms with Gasteiger partial charge in [-0.1, -0.05) is 12.8 Å². The Labute approximate surface area is 150 Å². The normalized spacial score (nSPS) is 16.4. The number of nitrogens with one attached hydrogen (secondary N) is 1. The van der Waals surface area contributed by atoms with Crippen molar-refractivity contribution in [2.24, 2.45) is 5.73 Å². The molecule has 0 bridgehead atoms. The van der Waals surface area contributed by atoms with Gasteiger partial charge in [-0.15, -0.1) is 22.7 Å². The number of carbonyl (C=O) groups excluding carboxylic acids is 2. The minimum Gasteiger partial charge on any atom is -0.368 e. The maximum Gasteiger partial charge on any atom is 0.243 e. The number of thiazole rings is 1. The molecule has 2 amide bonds. The van der Waals surface area contributed by atoms with Gasteiger partial charge in [0, 0.05) is 15.2 Å². The molecule has 0 unspecified atom stereocenters. The van der Waals surface area contributed by atoms with E-state index in [0.29, 0.717) is 18.5 Å². The van der Waals surface area contributed by atoms with Gasteiger partial charge in [0.2, 0.25) is 11.8 Å². The molecule has 2 heterocycles. The summed E-state index contributed by atoms with van der Waals surface area (Å²) in [6.07, 6.45) is 3.24. The van der Waals surface area contributed by atoms with E-state index in [-0.39, 0.29) is 12.3 Å². The van der Waals surface area contributed by atoms with Crippen molar-refractivity contribution in [2.45, 2.75) is 37.6 Å². The Bertz CT molecular complexity index is 735. The molecule has 0 aliphatic heterocycles. The largest absolute Gasteiger partial charge is 0.368 e. The topological polar surface area (TPSA) is 85.1 Å². The Balaban J connectivity index is 1.66. The number of aromatic nitrogens is 1. The second-order valence-corrected chi connectivity index (χ2v) is 8.34. The predicted octanol–water partition coefficient (Wildman–Crippen LogP) is 3.09. The summed E-state index contributed by atoms with van der Waals surface area (Å²) in [5, 5.41) is 7.62. The van der Waals surface area contributed by atoms with E-state index >= 15 is 0 Å². The van der Waals surface area contributed by atoms with Crippen LogP contribution in [0.5, 0.6) is 0 Å². The third kappa shape index (κ3) is 3.64. The van der Waals surface area contributed by atoms with Crippen molar-refractivity contribution in [1.29, 1.82) is 0 Å². The van der Waals surface area contributed by atoms with Gasteiger partial charge in [0.25, 0.3) is 0 Å². The molecule has 1 saturated carbocycles. The highest BCUT2D eigenvalue weighted by Gasteiger charge is 2.40. The molecular formula is C15H16BrN3O2S2. The molecule has 0 spiro atoms. The zero-order valence-corrected chi connectivity index (χ0v) is 15.5. The second kappa shape index (κ2) is 6.70. The van der Waals surface area contributed by atoms with Crippen LogP contribution in [-0.4, -0.2) is 22.3 Å². The van der Waals surface area contributed by atoms with Gasteiger partial charge >= 0.3 is 0 Å². The van der Waals surface area contributed by atoms with Crippen LogP contribution in [0, 0.1) is 0 Å². The summed E-state index contributed by atoms with van der Waals surface area (Å²) in [6, 6.07) is 2.01. The van der Waals surface area contributed by atoms with Crippen molar-refractivity contribution < 1.29 is 9.59 Å². The molecule has 0 saturated heterocycles. The van der Waals surface area contributed by atoms with Crippen LogP contribution in [0.3, 0.4) is 0 Å². The fourth-order valence-corrected chi connectivity index (χ4v) is 5.14. The van der Waals surface area contributed by atoms with Gasteiger partial charge in [-0.3, -0.25) is 9.59 Å². The molecule has 0 radical (unpaired) electrons. The van der Waals surface area contributed by atoms with Crippen LogP contribution >= 0.6 is 38.6 Å². The van der Waals surface area contributed by atoms with E-state index in [0.717, 1.165) is 27.2 Å². The number of primary amides is 1. The first kappa shape index (κ1) is 16.6. The average Bonchev–Trinajstić information content (AvgIpc) is 3.20.